The van der Waals surface area contributed by atoms with Gasteiger partial charge in [-0.05, 0) is 0 Å². The summed E-state index contributed by atoms with van der Waals surface area (Å²) in [6.45, 7) is 0. The van der Waals surface area contributed by atoms with Gasteiger partial charge in [0.2, 0.25) is 0 Å². The number of aromatic hydroxyl groups is 1. The van der Waals surface area contributed by atoms with Gasteiger partial charge in [0, 0.05) is 5.56 Å². The molecule has 7 heteroatoms. The van der Waals surface area contributed by atoms with Crippen molar-refractivity contribution in [3.63, 3.8) is 0 Å². The molecule has 1 aromatic carbocycles. The number of halogens is 1. The van der Waals surface area contributed by atoms with E-state index in [1.807, 2.05) is 10.3 Å². The molecular formula is C12H10FN3O3. The highest BCUT2D eigenvalue weighted by Crippen LogP contribution is 2.16. The Morgan fingerprint density at radius 3 is 2.74 bits per heavy atom. The third kappa shape index (κ3) is 2.95. The molecule has 0 saturated carbocycles. The van der Waals surface area contributed by atoms with E-state index in [-0.39, 0.29) is 5.56 Å². The van der Waals surface area contributed by atoms with Crippen LogP contribution in [0.2, 0.25) is 0 Å². The number of hydrogen-bond acceptors (Lipinski definition) is 4. The summed E-state index contributed by atoms with van der Waals surface area (Å²) in [5, 5.41) is 11.4. The molecule has 0 saturated heterocycles. The van der Waals surface area contributed by atoms with Crippen LogP contribution in [0.5, 0.6) is 5.75 Å². The SMILES string of the molecule is O=C(NC(F)c1ccccc1)c1[nH]c(=O)ncc1O. The Bertz CT molecular complexity index is 642. The lowest BCUT2D eigenvalue weighted by atomic mass is 10.2. The Morgan fingerprint density at radius 1 is 1.37 bits per heavy atom. The second kappa shape index (κ2) is 5.30. The fraction of sp³-hybridized carbons (Fsp3) is 0.0833. The molecular weight excluding hydrogens is 253 g/mol. The molecule has 1 heterocycles. The second-order valence-corrected chi connectivity index (χ2v) is 3.70. The number of rotatable bonds is 3. The van der Waals surface area contributed by atoms with Gasteiger partial charge in [0.15, 0.2) is 17.7 Å². The van der Waals surface area contributed by atoms with E-state index < -0.39 is 29.3 Å². The van der Waals surface area contributed by atoms with Crippen molar-refractivity contribution in [1.82, 2.24) is 15.3 Å². The molecule has 0 aliphatic heterocycles. The van der Waals surface area contributed by atoms with Crippen molar-refractivity contribution >= 4 is 5.91 Å². The van der Waals surface area contributed by atoms with Crippen LogP contribution >= 0.6 is 0 Å². The lowest BCUT2D eigenvalue weighted by molar-refractivity contribution is 0.0885. The Hall–Kier alpha value is -2.70. The number of H-pyrrole nitrogens is 1. The highest BCUT2D eigenvalue weighted by Gasteiger charge is 2.18. The maximum Gasteiger partial charge on any atom is 0.345 e. The predicted molar refractivity (Wildman–Crippen MR) is 64.3 cm³/mol. The number of benzene rings is 1. The van der Waals surface area contributed by atoms with E-state index in [0.717, 1.165) is 6.20 Å². The smallest absolute Gasteiger partial charge is 0.345 e. The molecule has 1 unspecified atom stereocenters. The molecule has 19 heavy (non-hydrogen) atoms. The van der Waals surface area contributed by atoms with Crippen molar-refractivity contribution < 1.29 is 14.3 Å². The lowest BCUT2D eigenvalue weighted by Crippen LogP contribution is -2.29. The number of carbonyl (C=O) groups is 1. The van der Waals surface area contributed by atoms with Crippen molar-refractivity contribution in [3.8, 4) is 5.75 Å². The van der Waals surface area contributed by atoms with Crippen LogP contribution in [0.25, 0.3) is 0 Å². The van der Waals surface area contributed by atoms with E-state index in [0.29, 0.717) is 0 Å². The van der Waals surface area contributed by atoms with Crippen molar-refractivity contribution in [2.75, 3.05) is 0 Å². The third-order valence-electron chi connectivity index (χ3n) is 2.37. The zero-order chi connectivity index (χ0) is 13.8. The highest BCUT2D eigenvalue weighted by molar-refractivity contribution is 5.94. The van der Waals surface area contributed by atoms with Gasteiger partial charge in [-0.2, -0.15) is 4.98 Å². The molecule has 0 fully saturated rings. The van der Waals surface area contributed by atoms with Gasteiger partial charge >= 0.3 is 5.69 Å². The summed E-state index contributed by atoms with van der Waals surface area (Å²) in [4.78, 5) is 27.9. The average Bonchev–Trinajstić information content (AvgIpc) is 2.42. The molecule has 0 spiro atoms. The molecule has 2 aromatic rings. The molecule has 0 radical (unpaired) electrons. The minimum Gasteiger partial charge on any atom is -0.504 e. The minimum absolute atomic E-state index is 0.256. The Labute approximate surface area is 106 Å². The number of alkyl halides is 1. The molecule has 0 aliphatic carbocycles. The first-order valence-corrected chi connectivity index (χ1v) is 5.36. The summed E-state index contributed by atoms with van der Waals surface area (Å²) in [7, 11) is 0. The first kappa shape index (κ1) is 12.7. The molecule has 1 amide bonds. The largest absolute Gasteiger partial charge is 0.504 e. The third-order valence-corrected chi connectivity index (χ3v) is 2.37. The molecule has 1 atom stereocenters. The Kier molecular flexibility index (Phi) is 3.56. The topological polar surface area (TPSA) is 95.1 Å². The normalized spacial score (nSPS) is 11.8. The summed E-state index contributed by atoms with van der Waals surface area (Å²) in [5.41, 5.74) is -0.983. The van der Waals surface area contributed by atoms with Crippen molar-refractivity contribution in [3.05, 3.63) is 58.3 Å². The number of hydrogen-bond donors (Lipinski definition) is 3. The molecule has 0 aliphatic rings. The van der Waals surface area contributed by atoms with Crippen LogP contribution < -0.4 is 11.0 Å². The maximum absolute atomic E-state index is 13.8. The molecule has 98 valence electrons. The van der Waals surface area contributed by atoms with Crippen LogP contribution in [0.1, 0.15) is 22.3 Å². The van der Waals surface area contributed by atoms with Gasteiger partial charge in [0.1, 0.15) is 0 Å². The van der Waals surface area contributed by atoms with E-state index in [1.54, 1.807) is 18.2 Å². The molecule has 6 nitrogen and oxygen atoms in total. The first-order valence-electron chi connectivity index (χ1n) is 5.36. The fourth-order valence-electron chi connectivity index (χ4n) is 1.45. The predicted octanol–water partition coefficient (Wildman–Crippen LogP) is 0.874. The summed E-state index contributed by atoms with van der Waals surface area (Å²) in [6, 6.07) is 7.96. The average molecular weight is 263 g/mol. The van der Waals surface area contributed by atoms with E-state index in [9.17, 15) is 19.1 Å². The van der Waals surface area contributed by atoms with Crippen molar-refractivity contribution in [1.29, 1.82) is 0 Å². The number of nitrogens with one attached hydrogen (secondary N) is 2. The molecule has 0 bridgehead atoms. The second-order valence-electron chi connectivity index (χ2n) is 3.70. The number of aromatic nitrogens is 2. The zero-order valence-electron chi connectivity index (χ0n) is 9.63. The monoisotopic (exact) mass is 263 g/mol. The van der Waals surface area contributed by atoms with Crippen LogP contribution in [-0.4, -0.2) is 21.0 Å². The lowest BCUT2D eigenvalue weighted by Gasteiger charge is -2.11. The van der Waals surface area contributed by atoms with Crippen LogP contribution in [0.4, 0.5) is 4.39 Å². The van der Waals surface area contributed by atoms with E-state index >= 15 is 0 Å². The summed E-state index contributed by atoms with van der Waals surface area (Å²) < 4.78 is 13.8. The quantitative estimate of drug-likeness (QED) is 0.716. The van der Waals surface area contributed by atoms with Crippen molar-refractivity contribution in [2.45, 2.75) is 6.30 Å². The van der Waals surface area contributed by atoms with Gasteiger partial charge in [-0.1, -0.05) is 30.3 Å². The van der Waals surface area contributed by atoms with E-state index in [1.165, 1.54) is 12.1 Å². The van der Waals surface area contributed by atoms with Crippen LogP contribution in [-0.2, 0) is 0 Å². The summed E-state index contributed by atoms with van der Waals surface area (Å²) >= 11 is 0. The number of nitrogens with zero attached hydrogens (tertiary/aromatic N) is 1. The van der Waals surface area contributed by atoms with Gasteiger partial charge in [-0.15, -0.1) is 0 Å². The van der Waals surface area contributed by atoms with Gasteiger partial charge in [0.25, 0.3) is 5.91 Å². The summed E-state index contributed by atoms with van der Waals surface area (Å²) in [5.74, 6) is -1.47. The Morgan fingerprint density at radius 2 is 2.05 bits per heavy atom. The number of amides is 1. The van der Waals surface area contributed by atoms with Gasteiger partial charge in [-0.25, -0.2) is 9.18 Å². The van der Waals surface area contributed by atoms with Gasteiger partial charge in [0.05, 0.1) is 6.20 Å². The minimum atomic E-state index is -1.75. The van der Waals surface area contributed by atoms with Crippen LogP contribution in [0.3, 0.4) is 0 Å². The van der Waals surface area contributed by atoms with Gasteiger partial charge < -0.3 is 10.4 Å². The van der Waals surface area contributed by atoms with Crippen LogP contribution in [0.15, 0.2) is 41.3 Å². The number of carbonyl (C=O) groups excluding carboxylic acids is 1. The van der Waals surface area contributed by atoms with E-state index in [2.05, 4.69) is 4.98 Å². The Balaban J connectivity index is 2.17. The summed E-state index contributed by atoms with van der Waals surface area (Å²) in [6.07, 6.45) is -0.923. The number of aromatic amines is 1. The standard InChI is InChI=1S/C12H10FN3O3/c13-10(7-4-2-1-3-5-7)16-11(18)9-8(17)6-14-12(19)15-9/h1-6,10,17H,(H,16,18)(H,14,15,19). The van der Waals surface area contributed by atoms with Gasteiger partial charge in [-0.3, -0.25) is 9.78 Å². The fourth-order valence-corrected chi connectivity index (χ4v) is 1.45. The van der Waals surface area contributed by atoms with Crippen LogP contribution in [0, 0.1) is 0 Å². The molecule has 2 rings (SSSR count). The van der Waals surface area contributed by atoms with Crippen molar-refractivity contribution in [2.24, 2.45) is 0 Å². The molecule has 3 N–H and O–H groups in total. The highest BCUT2D eigenvalue weighted by atomic mass is 19.1. The zero-order valence-corrected chi connectivity index (χ0v) is 9.63. The van der Waals surface area contributed by atoms with E-state index in [4.69, 9.17) is 0 Å². The maximum atomic E-state index is 13.8. The first-order chi connectivity index (χ1) is 9.08. The molecule has 1 aromatic heterocycles.